The normalized spacial score (nSPS) is 21.3. The van der Waals surface area contributed by atoms with Gasteiger partial charge in [0.2, 0.25) is 6.42 Å². The van der Waals surface area contributed by atoms with Crippen molar-refractivity contribution in [2.75, 3.05) is 31.0 Å². The molecule has 0 amide bonds. The maximum absolute atomic E-state index is 5.83. The molecule has 2 aliphatic rings. The van der Waals surface area contributed by atoms with Crippen molar-refractivity contribution in [3.8, 4) is 0 Å². The second kappa shape index (κ2) is 5.17. The fourth-order valence-electron chi connectivity index (χ4n) is 3.14. The fourth-order valence-corrected chi connectivity index (χ4v) is 5.42. The molecule has 2 heterocycles. The van der Waals surface area contributed by atoms with Crippen molar-refractivity contribution in [2.45, 2.75) is 6.54 Å². The van der Waals surface area contributed by atoms with Crippen molar-refractivity contribution >= 4 is 40.7 Å². The van der Waals surface area contributed by atoms with Crippen LogP contribution < -0.4 is 15.1 Å². The number of amidine groups is 1. The summed E-state index contributed by atoms with van der Waals surface area (Å²) in [4.78, 5) is 4.36. The van der Waals surface area contributed by atoms with Gasteiger partial charge in [-0.3, -0.25) is 0 Å². The smallest absolute Gasteiger partial charge is 0.208 e. The molecule has 2 aromatic carbocycles. The molecule has 4 rings (SSSR count). The number of hydrogen-bond acceptors (Lipinski definition) is 4. The number of hydrogen-bond donors (Lipinski definition) is 0. The SMILES string of the molecule is CO[P@@]1(=S)N=C2c3ccccc3CN2c2cc(N(C)C)ccc21. The molecule has 0 aromatic heterocycles. The maximum Gasteiger partial charge on any atom is 0.208 e. The minimum atomic E-state index is -2.40. The van der Waals surface area contributed by atoms with Gasteiger partial charge in [0.25, 0.3) is 0 Å². The minimum absolute atomic E-state index is 0.831. The van der Waals surface area contributed by atoms with Gasteiger partial charge in [-0.05, 0) is 35.6 Å². The first kappa shape index (κ1) is 14.9. The first-order valence-electron chi connectivity index (χ1n) is 7.47. The summed E-state index contributed by atoms with van der Waals surface area (Å²) in [5, 5.41) is 1.04. The second-order valence-corrected chi connectivity index (χ2v) is 9.51. The number of benzene rings is 2. The van der Waals surface area contributed by atoms with E-state index in [1.54, 1.807) is 7.11 Å². The molecule has 23 heavy (non-hydrogen) atoms. The summed E-state index contributed by atoms with van der Waals surface area (Å²) in [7, 11) is 5.76. The van der Waals surface area contributed by atoms with Gasteiger partial charge in [-0.15, -0.1) is 0 Å². The van der Waals surface area contributed by atoms with Crippen LogP contribution in [0.15, 0.2) is 47.2 Å². The highest BCUT2D eigenvalue weighted by Crippen LogP contribution is 2.54. The van der Waals surface area contributed by atoms with Crippen LogP contribution in [0.3, 0.4) is 0 Å². The summed E-state index contributed by atoms with van der Waals surface area (Å²) in [5.41, 5.74) is 4.73. The van der Waals surface area contributed by atoms with Gasteiger partial charge in [0, 0.05) is 32.5 Å². The lowest BCUT2D eigenvalue weighted by Gasteiger charge is -2.32. The molecule has 0 saturated carbocycles. The van der Waals surface area contributed by atoms with Crippen LogP contribution in [-0.4, -0.2) is 27.0 Å². The zero-order valence-electron chi connectivity index (χ0n) is 13.4. The van der Waals surface area contributed by atoms with Gasteiger partial charge < -0.3 is 14.3 Å². The van der Waals surface area contributed by atoms with E-state index in [0.717, 1.165) is 29.1 Å². The summed E-state index contributed by atoms with van der Waals surface area (Å²) in [5.74, 6) is 0.953. The molecular weight excluding hydrogens is 325 g/mol. The molecular formula is C17H18N3OPS. The van der Waals surface area contributed by atoms with Crippen molar-refractivity contribution in [3.05, 3.63) is 53.6 Å². The van der Waals surface area contributed by atoms with Crippen molar-refractivity contribution in [1.82, 2.24) is 0 Å². The molecule has 2 aliphatic heterocycles. The van der Waals surface area contributed by atoms with E-state index in [1.165, 1.54) is 11.1 Å². The summed E-state index contributed by atoms with van der Waals surface area (Å²) >= 11 is 5.83. The van der Waals surface area contributed by atoms with E-state index in [1.807, 2.05) is 20.2 Å². The summed E-state index contributed by atoms with van der Waals surface area (Å²) < 4.78 is 10.6. The highest BCUT2D eigenvalue weighted by molar-refractivity contribution is 8.15. The van der Waals surface area contributed by atoms with Crippen molar-refractivity contribution in [2.24, 2.45) is 4.76 Å². The van der Waals surface area contributed by atoms with E-state index in [9.17, 15) is 0 Å². The molecule has 0 fully saturated rings. The maximum atomic E-state index is 5.83. The lowest BCUT2D eigenvalue weighted by Crippen LogP contribution is -2.33. The van der Waals surface area contributed by atoms with Crippen molar-refractivity contribution in [1.29, 1.82) is 0 Å². The fraction of sp³-hybridized carbons (Fsp3) is 0.235. The van der Waals surface area contributed by atoms with E-state index >= 15 is 0 Å². The molecule has 0 spiro atoms. The monoisotopic (exact) mass is 343 g/mol. The molecule has 4 nitrogen and oxygen atoms in total. The third kappa shape index (κ3) is 2.15. The van der Waals surface area contributed by atoms with Crippen LogP contribution >= 0.6 is 6.42 Å². The highest BCUT2D eigenvalue weighted by Gasteiger charge is 2.37. The van der Waals surface area contributed by atoms with Crippen molar-refractivity contribution in [3.63, 3.8) is 0 Å². The van der Waals surface area contributed by atoms with E-state index in [2.05, 4.69) is 46.2 Å². The Hall–Kier alpha value is -1.68. The summed E-state index contributed by atoms with van der Waals surface area (Å²) in [6.07, 6.45) is -2.40. The van der Waals surface area contributed by atoms with Gasteiger partial charge in [0.05, 0.1) is 17.5 Å². The van der Waals surface area contributed by atoms with Crippen LogP contribution in [0.5, 0.6) is 0 Å². The van der Waals surface area contributed by atoms with Gasteiger partial charge in [-0.1, -0.05) is 24.3 Å². The average molecular weight is 343 g/mol. The Balaban J connectivity index is 1.96. The lowest BCUT2D eigenvalue weighted by molar-refractivity contribution is 0.466. The Labute approximate surface area is 141 Å². The molecule has 0 saturated heterocycles. The van der Waals surface area contributed by atoms with Crippen LogP contribution in [0.1, 0.15) is 11.1 Å². The first-order valence-corrected chi connectivity index (χ1v) is 10.1. The molecule has 0 bridgehead atoms. The third-order valence-corrected chi connectivity index (χ3v) is 7.60. The quantitative estimate of drug-likeness (QED) is 0.784. The van der Waals surface area contributed by atoms with Gasteiger partial charge in [0.15, 0.2) is 0 Å². The van der Waals surface area contributed by atoms with Crippen LogP contribution in [-0.2, 0) is 22.9 Å². The van der Waals surface area contributed by atoms with Crippen LogP contribution in [0, 0.1) is 0 Å². The Morgan fingerprint density at radius 2 is 2.00 bits per heavy atom. The standard InChI is InChI=1S/C17H18N3OPS/c1-19(2)13-8-9-16-15(10-13)20-11-12-6-4-5-7-14(12)17(20)18-22(16,23)21-3/h4-10H,11H2,1-3H3/t22-/m0/s1. The van der Waals surface area contributed by atoms with Crippen LogP contribution in [0.4, 0.5) is 11.4 Å². The molecule has 0 aliphatic carbocycles. The summed E-state index contributed by atoms with van der Waals surface area (Å²) in [6, 6.07) is 14.7. The molecule has 0 N–H and O–H groups in total. The minimum Gasteiger partial charge on any atom is -0.378 e. The van der Waals surface area contributed by atoms with E-state index in [-0.39, 0.29) is 0 Å². The number of fused-ring (bicyclic) bond motifs is 5. The summed E-state index contributed by atoms with van der Waals surface area (Å²) in [6.45, 7) is 0.831. The predicted molar refractivity (Wildman–Crippen MR) is 101 cm³/mol. The van der Waals surface area contributed by atoms with Crippen molar-refractivity contribution < 1.29 is 4.52 Å². The van der Waals surface area contributed by atoms with Gasteiger partial charge in [-0.25, -0.2) is 4.76 Å². The topological polar surface area (TPSA) is 28.1 Å². The first-order chi connectivity index (χ1) is 11.0. The Bertz CT molecular complexity index is 878. The number of anilines is 2. The molecule has 6 heteroatoms. The molecule has 118 valence electrons. The van der Waals surface area contributed by atoms with Crippen LogP contribution in [0.2, 0.25) is 0 Å². The Morgan fingerprint density at radius 1 is 1.22 bits per heavy atom. The number of nitrogens with zero attached hydrogens (tertiary/aromatic N) is 3. The number of rotatable bonds is 2. The lowest BCUT2D eigenvalue weighted by atomic mass is 10.1. The molecule has 1 atom stereocenters. The molecule has 0 unspecified atom stereocenters. The van der Waals surface area contributed by atoms with Gasteiger partial charge in [0.1, 0.15) is 5.84 Å². The largest absolute Gasteiger partial charge is 0.378 e. The van der Waals surface area contributed by atoms with Gasteiger partial charge in [-0.2, -0.15) is 0 Å². The third-order valence-electron chi connectivity index (χ3n) is 4.39. The van der Waals surface area contributed by atoms with Crippen LogP contribution in [0.25, 0.3) is 0 Å². The van der Waals surface area contributed by atoms with E-state index in [4.69, 9.17) is 21.1 Å². The Kier molecular flexibility index (Phi) is 3.34. The zero-order valence-corrected chi connectivity index (χ0v) is 15.1. The predicted octanol–water partition coefficient (Wildman–Crippen LogP) is 3.11. The molecule has 2 aromatic rings. The van der Waals surface area contributed by atoms with E-state index < -0.39 is 6.42 Å². The average Bonchev–Trinajstić information content (AvgIpc) is 2.93. The molecule has 0 radical (unpaired) electrons. The second-order valence-electron chi connectivity index (χ2n) is 5.94. The zero-order chi connectivity index (χ0) is 16.2. The van der Waals surface area contributed by atoms with E-state index in [0.29, 0.717) is 0 Å². The highest BCUT2D eigenvalue weighted by atomic mass is 32.4. The Morgan fingerprint density at radius 3 is 2.74 bits per heavy atom. The van der Waals surface area contributed by atoms with Gasteiger partial charge >= 0.3 is 0 Å².